The lowest BCUT2D eigenvalue weighted by atomic mass is 10.2. The standard InChI is InChI=1S/C23H20ClF3N2O2/c1-2-30-22-12-16(9-10-21(22)31-15-17-5-3-7-19(24)11-17)14-28-29-20-8-4-6-18(13-20)23(25,26)27/h3-14,29H,2,15H2,1H3. The van der Waals surface area contributed by atoms with Crippen LogP contribution in [-0.4, -0.2) is 12.8 Å². The minimum atomic E-state index is -4.41. The summed E-state index contributed by atoms with van der Waals surface area (Å²) in [7, 11) is 0. The van der Waals surface area contributed by atoms with Gasteiger partial charge in [0.15, 0.2) is 11.5 Å². The predicted octanol–water partition coefficient (Wildman–Crippen LogP) is 6.78. The molecule has 0 atom stereocenters. The molecule has 0 unspecified atom stereocenters. The van der Waals surface area contributed by atoms with Crippen LogP contribution in [0.5, 0.6) is 11.5 Å². The highest BCUT2D eigenvalue weighted by atomic mass is 35.5. The Morgan fingerprint density at radius 3 is 2.52 bits per heavy atom. The summed E-state index contributed by atoms with van der Waals surface area (Å²) in [6.07, 6.45) is -2.92. The topological polar surface area (TPSA) is 42.8 Å². The van der Waals surface area contributed by atoms with Gasteiger partial charge in [-0.3, -0.25) is 5.43 Å². The molecule has 8 heteroatoms. The third-order valence-electron chi connectivity index (χ3n) is 4.15. The number of nitrogens with zero attached hydrogens (tertiary/aromatic N) is 1. The Hall–Kier alpha value is -3.19. The molecule has 3 rings (SSSR count). The highest BCUT2D eigenvalue weighted by Gasteiger charge is 2.30. The fraction of sp³-hybridized carbons (Fsp3) is 0.174. The number of anilines is 1. The average Bonchev–Trinajstić information content (AvgIpc) is 2.73. The summed E-state index contributed by atoms with van der Waals surface area (Å²) in [5.41, 5.74) is 3.71. The van der Waals surface area contributed by atoms with Crippen molar-refractivity contribution in [2.75, 3.05) is 12.0 Å². The monoisotopic (exact) mass is 448 g/mol. The molecule has 0 aliphatic heterocycles. The molecule has 0 radical (unpaired) electrons. The van der Waals surface area contributed by atoms with Crippen LogP contribution in [0.15, 0.2) is 71.8 Å². The van der Waals surface area contributed by atoms with Crippen LogP contribution < -0.4 is 14.9 Å². The fourth-order valence-corrected chi connectivity index (χ4v) is 2.94. The molecule has 3 aromatic carbocycles. The summed E-state index contributed by atoms with van der Waals surface area (Å²) in [4.78, 5) is 0. The molecule has 0 amide bonds. The SMILES string of the molecule is CCOc1cc(C=NNc2cccc(C(F)(F)F)c2)ccc1OCc1cccc(Cl)c1. The van der Waals surface area contributed by atoms with Crippen LogP contribution in [0.25, 0.3) is 0 Å². The number of hydrazone groups is 1. The van der Waals surface area contributed by atoms with Crippen LogP contribution in [0.1, 0.15) is 23.6 Å². The van der Waals surface area contributed by atoms with Crippen LogP contribution in [0, 0.1) is 0 Å². The van der Waals surface area contributed by atoms with E-state index < -0.39 is 11.7 Å². The van der Waals surface area contributed by atoms with Crippen molar-refractivity contribution in [3.05, 3.63) is 88.4 Å². The highest BCUT2D eigenvalue weighted by Crippen LogP contribution is 2.31. The molecule has 0 fully saturated rings. The largest absolute Gasteiger partial charge is 0.490 e. The summed E-state index contributed by atoms with van der Waals surface area (Å²) in [5, 5.41) is 4.65. The molecular weight excluding hydrogens is 429 g/mol. The summed E-state index contributed by atoms with van der Waals surface area (Å²) < 4.78 is 49.9. The molecule has 4 nitrogen and oxygen atoms in total. The molecule has 1 N–H and O–H groups in total. The van der Waals surface area contributed by atoms with Gasteiger partial charge in [-0.15, -0.1) is 0 Å². The van der Waals surface area contributed by atoms with Gasteiger partial charge in [-0.25, -0.2) is 0 Å². The average molecular weight is 449 g/mol. The van der Waals surface area contributed by atoms with Crippen molar-refractivity contribution >= 4 is 23.5 Å². The van der Waals surface area contributed by atoms with Gasteiger partial charge in [0, 0.05) is 5.02 Å². The van der Waals surface area contributed by atoms with Crippen LogP contribution in [0.3, 0.4) is 0 Å². The number of benzene rings is 3. The van der Waals surface area contributed by atoms with E-state index in [1.165, 1.54) is 18.3 Å². The second-order valence-electron chi connectivity index (χ2n) is 6.51. The quantitative estimate of drug-likeness (QED) is 0.305. The number of hydrogen-bond donors (Lipinski definition) is 1. The third kappa shape index (κ3) is 6.65. The van der Waals surface area contributed by atoms with Crippen LogP contribution in [0.2, 0.25) is 5.02 Å². The van der Waals surface area contributed by atoms with Gasteiger partial charge in [-0.05, 0) is 66.6 Å². The third-order valence-corrected chi connectivity index (χ3v) is 4.38. The number of nitrogens with one attached hydrogen (secondary N) is 1. The van der Waals surface area contributed by atoms with Crippen molar-refractivity contribution in [3.63, 3.8) is 0 Å². The van der Waals surface area contributed by atoms with Gasteiger partial charge in [0.25, 0.3) is 0 Å². The number of ether oxygens (including phenoxy) is 2. The van der Waals surface area contributed by atoms with E-state index in [1.54, 1.807) is 24.3 Å². The Balaban J connectivity index is 1.68. The van der Waals surface area contributed by atoms with E-state index in [0.29, 0.717) is 35.3 Å². The van der Waals surface area contributed by atoms with E-state index in [4.69, 9.17) is 21.1 Å². The minimum Gasteiger partial charge on any atom is -0.490 e. The zero-order valence-corrected chi connectivity index (χ0v) is 17.4. The van der Waals surface area contributed by atoms with Gasteiger partial charge in [0.2, 0.25) is 0 Å². The Morgan fingerprint density at radius 2 is 1.77 bits per heavy atom. The molecule has 0 spiro atoms. The molecule has 0 heterocycles. The summed E-state index contributed by atoms with van der Waals surface area (Å²) >= 11 is 6.00. The normalized spacial score (nSPS) is 11.5. The number of alkyl halides is 3. The first-order valence-corrected chi connectivity index (χ1v) is 9.83. The Bertz CT molecular complexity index is 1050. The van der Waals surface area contributed by atoms with E-state index in [0.717, 1.165) is 17.7 Å². The van der Waals surface area contributed by atoms with Gasteiger partial charge in [0.05, 0.1) is 24.1 Å². The zero-order valence-electron chi connectivity index (χ0n) is 16.6. The molecule has 0 aliphatic carbocycles. The lowest BCUT2D eigenvalue weighted by Crippen LogP contribution is -2.05. The van der Waals surface area contributed by atoms with E-state index >= 15 is 0 Å². The van der Waals surface area contributed by atoms with E-state index in [9.17, 15) is 13.2 Å². The number of hydrogen-bond acceptors (Lipinski definition) is 4. The van der Waals surface area contributed by atoms with Crippen molar-refractivity contribution in [3.8, 4) is 11.5 Å². The highest BCUT2D eigenvalue weighted by molar-refractivity contribution is 6.30. The molecule has 0 aromatic heterocycles. The molecule has 31 heavy (non-hydrogen) atoms. The maximum Gasteiger partial charge on any atom is 0.416 e. The van der Waals surface area contributed by atoms with Gasteiger partial charge < -0.3 is 9.47 Å². The molecule has 0 bridgehead atoms. The number of rotatable bonds is 8. The molecule has 0 saturated heterocycles. The van der Waals surface area contributed by atoms with Crippen molar-refractivity contribution in [1.82, 2.24) is 0 Å². The maximum absolute atomic E-state index is 12.8. The molecular formula is C23H20ClF3N2O2. The van der Waals surface area contributed by atoms with Gasteiger partial charge in [-0.1, -0.05) is 29.8 Å². The maximum atomic E-state index is 12.8. The van der Waals surface area contributed by atoms with Crippen molar-refractivity contribution in [2.45, 2.75) is 19.7 Å². The summed E-state index contributed by atoms with van der Waals surface area (Å²) in [5.74, 6) is 1.09. The lowest BCUT2D eigenvalue weighted by Gasteiger charge is -2.13. The second kappa shape index (κ2) is 10.2. The van der Waals surface area contributed by atoms with Crippen LogP contribution >= 0.6 is 11.6 Å². The van der Waals surface area contributed by atoms with Crippen LogP contribution in [0.4, 0.5) is 18.9 Å². The molecule has 3 aromatic rings. The summed E-state index contributed by atoms with van der Waals surface area (Å²) in [6, 6.07) is 17.5. The second-order valence-corrected chi connectivity index (χ2v) is 6.94. The van der Waals surface area contributed by atoms with Gasteiger partial charge in [-0.2, -0.15) is 18.3 Å². The molecule has 0 aliphatic rings. The zero-order chi connectivity index (χ0) is 22.3. The summed E-state index contributed by atoms with van der Waals surface area (Å²) in [6.45, 7) is 2.62. The Morgan fingerprint density at radius 1 is 0.968 bits per heavy atom. The van der Waals surface area contributed by atoms with Gasteiger partial charge >= 0.3 is 6.18 Å². The smallest absolute Gasteiger partial charge is 0.416 e. The lowest BCUT2D eigenvalue weighted by molar-refractivity contribution is -0.137. The minimum absolute atomic E-state index is 0.234. The first-order valence-electron chi connectivity index (χ1n) is 9.45. The van der Waals surface area contributed by atoms with Crippen LogP contribution in [-0.2, 0) is 12.8 Å². The fourth-order valence-electron chi connectivity index (χ4n) is 2.73. The molecule has 162 valence electrons. The van der Waals surface area contributed by atoms with Crippen molar-refractivity contribution in [1.29, 1.82) is 0 Å². The van der Waals surface area contributed by atoms with E-state index in [2.05, 4.69) is 10.5 Å². The number of halogens is 4. The first kappa shape index (κ1) is 22.5. The van der Waals surface area contributed by atoms with Crippen molar-refractivity contribution in [2.24, 2.45) is 5.10 Å². The van der Waals surface area contributed by atoms with Gasteiger partial charge in [0.1, 0.15) is 6.61 Å². The Kier molecular flexibility index (Phi) is 7.41. The van der Waals surface area contributed by atoms with E-state index in [-0.39, 0.29) is 5.69 Å². The Labute approximate surface area is 183 Å². The molecule has 0 saturated carbocycles. The predicted molar refractivity (Wildman–Crippen MR) is 116 cm³/mol. The van der Waals surface area contributed by atoms with E-state index in [1.807, 2.05) is 25.1 Å². The first-order chi connectivity index (χ1) is 14.8. The van der Waals surface area contributed by atoms with Crippen molar-refractivity contribution < 1.29 is 22.6 Å².